The fraction of sp³-hybridized carbons (Fsp3) is 0.421. The van der Waals surface area contributed by atoms with Crippen LogP contribution < -0.4 is 5.32 Å². The van der Waals surface area contributed by atoms with Gasteiger partial charge in [0, 0.05) is 26.1 Å². The van der Waals surface area contributed by atoms with Crippen molar-refractivity contribution in [2.45, 2.75) is 32.2 Å². The number of rotatable bonds is 6. The summed E-state index contributed by atoms with van der Waals surface area (Å²) in [6, 6.07) is 10.3. The maximum absolute atomic E-state index is 12.3. The van der Waals surface area contributed by atoms with E-state index in [2.05, 4.69) is 27.6 Å². The van der Waals surface area contributed by atoms with Crippen molar-refractivity contribution in [1.82, 2.24) is 24.9 Å². The van der Waals surface area contributed by atoms with Crippen LogP contribution in [0.1, 0.15) is 30.0 Å². The van der Waals surface area contributed by atoms with Gasteiger partial charge in [-0.05, 0) is 31.2 Å². The molecule has 1 aromatic carbocycles. The molecule has 130 valence electrons. The third kappa shape index (κ3) is 3.04. The highest BCUT2D eigenvalue weighted by atomic mass is 16.2. The Bertz CT molecular complexity index is 895. The fourth-order valence-electron chi connectivity index (χ4n) is 3.61. The van der Waals surface area contributed by atoms with Crippen LogP contribution in [0.25, 0.3) is 11.0 Å². The van der Waals surface area contributed by atoms with Gasteiger partial charge in [-0.15, -0.1) is 0 Å². The Morgan fingerprint density at radius 1 is 1.32 bits per heavy atom. The third-order valence-corrected chi connectivity index (χ3v) is 5.01. The first-order chi connectivity index (χ1) is 12.1. The Balaban J connectivity index is 1.26. The number of nitrogens with zero attached hydrogens (tertiary/aromatic N) is 4. The van der Waals surface area contributed by atoms with Gasteiger partial charge in [-0.3, -0.25) is 14.2 Å². The van der Waals surface area contributed by atoms with Gasteiger partial charge in [-0.25, -0.2) is 0 Å². The highest BCUT2D eigenvalue weighted by Gasteiger charge is 2.43. The van der Waals surface area contributed by atoms with Gasteiger partial charge in [0.1, 0.15) is 11.0 Å². The van der Waals surface area contributed by atoms with Gasteiger partial charge >= 0.3 is 0 Å². The first-order valence-electron chi connectivity index (χ1n) is 8.83. The average molecular weight is 337 g/mol. The van der Waals surface area contributed by atoms with Gasteiger partial charge in [0.25, 0.3) is 0 Å². The first-order valence-corrected chi connectivity index (χ1v) is 8.83. The molecule has 25 heavy (non-hydrogen) atoms. The Hall–Kier alpha value is -2.63. The molecule has 0 spiro atoms. The second kappa shape index (κ2) is 6.35. The number of carbonyl (C=O) groups excluding carboxylic acids is 1. The number of aromatic nitrogens is 4. The summed E-state index contributed by atoms with van der Waals surface area (Å²) in [6.45, 7) is 3.46. The van der Waals surface area contributed by atoms with E-state index in [1.54, 1.807) is 0 Å². The summed E-state index contributed by atoms with van der Waals surface area (Å²) in [5.74, 6) is 0.710. The second-order valence-electron chi connectivity index (χ2n) is 6.81. The Morgan fingerprint density at radius 2 is 2.12 bits per heavy atom. The number of amides is 1. The first kappa shape index (κ1) is 15.9. The predicted octanol–water partition coefficient (Wildman–Crippen LogP) is 2.39. The lowest BCUT2D eigenvalue weighted by atomic mass is 10.1. The van der Waals surface area contributed by atoms with Crippen LogP contribution in [0.4, 0.5) is 0 Å². The van der Waals surface area contributed by atoms with Gasteiger partial charge in [0.05, 0.1) is 11.9 Å². The molecule has 6 heteroatoms. The Kier molecular flexibility index (Phi) is 4.03. The molecule has 0 bridgehead atoms. The topological polar surface area (TPSA) is 64.7 Å². The lowest BCUT2D eigenvalue weighted by Crippen LogP contribution is -2.27. The normalized spacial score (nSPS) is 19.3. The van der Waals surface area contributed by atoms with E-state index in [9.17, 15) is 4.79 Å². The van der Waals surface area contributed by atoms with E-state index in [0.717, 1.165) is 36.1 Å². The summed E-state index contributed by atoms with van der Waals surface area (Å²) >= 11 is 0. The van der Waals surface area contributed by atoms with E-state index < -0.39 is 0 Å². The van der Waals surface area contributed by atoms with Crippen LogP contribution in [-0.2, 0) is 18.4 Å². The molecule has 0 aliphatic heterocycles. The fourth-order valence-corrected chi connectivity index (χ4v) is 3.61. The Labute approximate surface area is 146 Å². The van der Waals surface area contributed by atoms with E-state index in [4.69, 9.17) is 0 Å². The SMILES string of the molecule is Cc1nn(C)c2cnn(CCCNC(=O)C3CC3c3ccccc3)c12. The summed E-state index contributed by atoms with van der Waals surface area (Å²) in [6.07, 6.45) is 3.67. The smallest absolute Gasteiger partial charge is 0.223 e. The summed E-state index contributed by atoms with van der Waals surface area (Å²) in [7, 11) is 1.93. The number of nitrogens with one attached hydrogen (secondary N) is 1. The molecule has 1 fully saturated rings. The van der Waals surface area contributed by atoms with Crippen LogP contribution in [0.5, 0.6) is 0 Å². The molecular formula is C19H23N5O. The quantitative estimate of drug-likeness (QED) is 0.703. The zero-order valence-electron chi connectivity index (χ0n) is 14.6. The van der Waals surface area contributed by atoms with Crippen LogP contribution in [0, 0.1) is 12.8 Å². The number of benzene rings is 1. The summed E-state index contributed by atoms with van der Waals surface area (Å²) in [5, 5.41) is 11.9. The zero-order chi connectivity index (χ0) is 17.4. The molecule has 6 nitrogen and oxygen atoms in total. The summed E-state index contributed by atoms with van der Waals surface area (Å²) < 4.78 is 3.83. The molecule has 4 rings (SSSR count). The third-order valence-electron chi connectivity index (χ3n) is 5.01. The predicted molar refractivity (Wildman–Crippen MR) is 96.2 cm³/mol. The molecule has 2 unspecified atom stereocenters. The average Bonchev–Trinajstić information content (AvgIpc) is 3.23. The van der Waals surface area contributed by atoms with Crippen LogP contribution in [0.15, 0.2) is 36.5 Å². The molecule has 1 aliphatic carbocycles. The van der Waals surface area contributed by atoms with Crippen LogP contribution in [0.2, 0.25) is 0 Å². The largest absolute Gasteiger partial charge is 0.356 e. The molecule has 1 N–H and O–H groups in total. The van der Waals surface area contributed by atoms with Gasteiger partial charge < -0.3 is 5.32 Å². The number of hydrogen-bond acceptors (Lipinski definition) is 3. The standard InChI is InChI=1S/C19H23N5O/c1-13-18-17(23(2)22-13)12-21-24(18)10-6-9-20-19(25)16-11-15(16)14-7-4-3-5-8-14/h3-5,7-8,12,15-16H,6,9-11H2,1-2H3,(H,20,25). The van der Waals surface area contributed by atoms with Crippen molar-refractivity contribution in [3.05, 3.63) is 47.8 Å². The van der Waals surface area contributed by atoms with Gasteiger partial charge in [-0.1, -0.05) is 30.3 Å². The number of fused-ring (bicyclic) bond motifs is 1. The second-order valence-corrected chi connectivity index (χ2v) is 6.81. The minimum Gasteiger partial charge on any atom is -0.356 e. The lowest BCUT2D eigenvalue weighted by molar-refractivity contribution is -0.122. The molecule has 2 atom stereocenters. The van der Waals surface area contributed by atoms with E-state index in [-0.39, 0.29) is 11.8 Å². The zero-order valence-corrected chi connectivity index (χ0v) is 14.6. The van der Waals surface area contributed by atoms with E-state index in [0.29, 0.717) is 12.5 Å². The highest BCUT2D eigenvalue weighted by Crippen LogP contribution is 2.47. The van der Waals surface area contributed by atoms with Crippen molar-refractivity contribution >= 4 is 16.9 Å². The van der Waals surface area contributed by atoms with Crippen LogP contribution in [-0.4, -0.2) is 32.0 Å². The minimum absolute atomic E-state index is 0.138. The van der Waals surface area contributed by atoms with Crippen molar-refractivity contribution < 1.29 is 4.79 Å². The van der Waals surface area contributed by atoms with Crippen molar-refractivity contribution in [3.8, 4) is 0 Å². The number of aryl methyl sites for hydroxylation is 3. The van der Waals surface area contributed by atoms with Gasteiger partial charge in [-0.2, -0.15) is 10.2 Å². The molecule has 2 heterocycles. The Morgan fingerprint density at radius 3 is 2.92 bits per heavy atom. The number of carbonyl (C=O) groups is 1. The van der Waals surface area contributed by atoms with Crippen molar-refractivity contribution in [2.24, 2.45) is 13.0 Å². The molecular weight excluding hydrogens is 314 g/mol. The molecule has 1 aliphatic rings. The van der Waals surface area contributed by atoms with Crippen molar-refractivity contribution in [1.29, 1.82) is 0 Å². The van der Waals surface area contributed by atoms with Crippen molar-refractivity contribution in [2.75, 3.05) is 6.54 Å². The minimum atomic E-state index is 0.138. The number of hydrogen-bond donors (Lipinski definition) is 1. The van der Waals surface area contributed by atoms with E-state index in [1.165, 1.54) is 5.56 Å². The van der Waals surface area contributed by atoms with Gasteiger partial charge in [0.2, 0.25) is 5.91 Å². The molecule has 3 aromatic rings. The maximum atomic E-state index is 12.3. The molecule has 0 radical (unpaired) electrons. The lowest BCUT2D eigenvalue weighted by Gasteiger charge is -2.06. The van der Waals surface area contributed by atoms with Crippen LogP contribution >= 0.6 is 0 Å². The van der Waals surface area contributed by atoms with Gasteiger partial charge in [0.15, 0.2) is 0 Å². The van der Waals surface area contributed by atoms with E-state index in [1.807, 2.05) is 47.7 Å². The molecule has 2 aromatic heterocycles. The molecule has 0 saturated heterocycles. The molecule has 1 saturated carbocycles. The maximum Gasteiger partial charge on any atom is 0.223 e. The highest BCUT2D eigenvalue weighted by molar-refractivity contribution is 5.82. The molecule has 1 amide bonds. The summed E-state index contributed by atoms with van der Waals surface area (Å²) in [4.78, 5) is 12.3. The van der Waals surface area contributed by atoms with Crippen LogP contribution in [0.3, 0.4) is 0 Å². The van der Waals surface area contributed by atoms with Crippen molar-refractivity contribution in [3.63, 3.8) is 0 Å². The summed E-state index contributed by atoms with van der Waals surface area (Å²) in [5.41, 5.74) is 4.39. The monoisotopic (exact) mass is 337 g/mol. The van der Waals surface area contributed by atoms with E-state index >= 15 is 0 Å².